The van der Waals surface area contributed by atoms with Gasteiger partial charge in [-0.25, -0.2) is 9.97 Å². The van der Waals surface area contributed by atoms with Crippen LogP contribution >= 0.6 is 0 Å². The van der Waals surface area contributed by atoms with Crippen molar-refractivity contribution in [3.05, 3.63) is 41.7 Å². The molecular formula is C22H25N7O. The quantitative estimate of drug-likeness (QED) is 0.838. The molecule has 0 aliphatic carbocycles. The first-order valence-corrected chi connectivity index (χ1v) is 10.6. The molecule has 154 valence electrons. The summed E-state index contributed by atoms with van der Waals surface area (Å²) in [6.45, 7) is 5.36. The smallest absolute Gasteiger partial charge is 0.247 e. The molecule has 8 nitrogen and oxygen atoms in total. The number of carbonyl (C=O) groups excluding carboxylic acids is 1. The highest BCUT2D eigenvalue weighted by molar-refractivity contribution is 6.02. The molecule has 5 heterocycles. The van der Waals surface area contributed by atoms with Crippen LogP contribution in [0.15, 0.2) is 30.6 Å². The largest absolute Gasteiger partial charge is 0.354 e. The zero-order valence-electron chi connectivity index (χ0n) is 16.9. The van der Waals surface area contributed by atoms with Crippen LogP contribution in [0.4, 0.5) is 17.3 Å². The van der Waals surface area contributed by atoms with Gasteiger partial charge in [0.05, 0.1) is 11.3 Å². The van der Waals surface area contributed by atoms with E-state index >= 15 is 0 Å². The Morgan fingerprint density at radius 3 is 2.73 bits per heavy atom. The monoisotopic (exact) mass is 403 g/mol. The molecule has 1 N–H and O–H groups in total. The molecule has 0 unspecified atom stereocenters. The predicted octanol–water partition coefficient (Wildman–Crippen LogP) is 1.98. The third kappa shape index (κ3) is 3.57. The van der Waals surface area contributed by atoms with Crippen LogP contribution in [0.25, 0.3) is 0 Å². The van der Waals surface area contributed by atoms with E-state index in [0.29, 0.717) is 5.56 Å². The lowest BCUT2D eigenvalue weighted by atomic mass is 9.99. The molecule has 0 aromatic carbocycles. The van der Waals surface area contributed by atoms with Gasteiger partial charge in [0.25, 0.3) is 0 Å². The van der Waals surface area contributed by atoms with Gasteiger partial charge in [-0.1, -0.05) is 0 Å². The van der Waals surface area contributed by atoms with Crippen molar-refractivity contribution in [1.29, 1.82) is 5.26 Å². The molecule has 3 aliphatic heterocycles. The Kier molecular flexibility index (Phi) is 4.97. The topological polar surface area (TPSA) is 88.4 Å². The van der Waals surface area contributed by atoms with Gasteiger partial charge in [0.2, 0.25) is 5.91 Å². The van der Waals surface area contributed by atoms with Gasteiger partial charge < -0.3 is 15.1 Å². The highest BCUT2D eigenvalue weighted by Crippen LogP contribution is 2.34. The second-order valence-corrected chi connectivity index (χ2v) is 8.19. The average Bonchev–Trinajstić information content (AvgIpc) is 2.80. The zero-order valence-corrected chi connectivity index (χ0v) is 16.9. The standard InChI is InChI=1S/C22H25N7O/c23-12-16-4-5-20(24-13-16)28-9-7-27(8-10-28)15-17-11-18-21(25-14-17)29-6-2-1-3-19(29)22(30)26-18/h4-5,11,13-14,19H,1-3,6-10,15H2,(H,26,30)/t19-/m0/s1. The minimum absolute atomic E-state index is 0.0616. The fourth-order valence-electron chi connectivity index (χ4n) is 4.61. The van der Waals surface area contributed by atoms with Crippen LogP contribution in [0.5, 0.6) is 0 Å². The number of anilines is 3. The van der Waals surface area contributed by atoms with E-state index in [1.165, 1.54) is 0 Å². The van der Waals surface area contributed by atoms with Crippen LogP contribution in [-0.4, -0.2) is 59.5 Å². The lowest BCUT2D eigenvalue weighted by molar-refractivity contribution is -0.118. The maximum absolute atomic E-state index is 12.5. The number of fused-ring (bicyclic) bond motifs is 3. The van der Waals surface area contributed by atoms with Crippen LogP contribution in [-0.2, 0) is 11.3 Å². The maximum Gasteiger partial charge on any atom is 0.247 e. The van der Waals surface area contributed by atoms with Gasteiger partial charge >= 0.3 is 0 Å². The Hall–Kier alpha value is -3.18. The third-order valence-electron chi connectivity index (χ3n) is 6.24. The zero-order chi connectivity index (χ0) is 20.5. The van der Waals surface area contributed by atoms with Gasteiger partial charge in [-0.3, -0.25) is 9.69 Å². The number of nitrogens with zero attached hydrogens (tertiary/aromatic N) is 6. The normalized spacial score (nSPS) is 21.4. The number of amides is 1. The van der Waals surface area contributed by atoms with E-state index in [0.717, 1.165) is 81.4 Å². The second kappa shape index (κ2) is 7.92. The first-order chi connectivity index (χ1) is 14.7. The van der Waals surface area contributed by atoms with Crippen molar-refractivity contribution < 1.29 is 4.79 Å². The molecule has 0 bridgehead atoms. The van der Waals surface area contributed by atoms with Crippen LogP contribution in [0.3, 0.4) is 0 Å². The summed E-state index contributed by atoms with van der Waals surface area (Å²) < 4.78 is 0. The summed E-state index contributed by atoms with van der Waals surface area (Å²) in [5.74, 6) is 1.94. The molecule has 30 heavy (non-hydrogen) atoms. The Morgan fingerprint density at radius 2 is 1.97 bits per heavy atom. The molecule has 2 fully saturated rings. The minimum Gasteiger partial charge on any atom is -0.354 e. The third-order valence-corrected chi connectivity index (χ3v) is 6.24. The molecule has 2 aromatic heterocycles. The summed E-state index contributed by atoms with van der Waals surface area (Å²) in [6.07, 6.45) is 6.71. The van der Waals surface area contributed by atoms with Crippen molar-refractivity contribution in [2.75, 3.05) is 47.8 Å². The molecule has 2 aromatic rings. The summed E-state index contributed by atoms with van der Waals surface area (Å²) in [5, 5.41) is 12.0. The number of aromatic nitrogens is 2. The van der Waals surface area contributed by atoms with Gasteiger partial charge in [-0.2, -0.15) is 5.26 Å². The van der Waals surface area contributed by atoms with E-state index in [1.54, 1.807) is 6.20 Å². The first kappa shape index (κ1) is 18.8. The maximum atomic E-state index is 12.5. The molecular weight excluding hydrogens is 378 g/mol. The molecule has 0 radical (unpaired) electrons. The van der Waals surface area contributed by atoms with Gasteiger partial charge in [0.1, 0.15) is 17.9 Å². The van der Waals surface area contributed by atoms with Crippen molar-refractivity contribution in [1.82, 2.24) is 14.9 Å². The van der Waals surface area contributed by atoms with Gasteiger partial charge in [-0.05, 0) is 43.0 Å². The highest BCUT2D eigenvalue weighted by Gasteiger charge is 2.35. The molecule has 2 saturated heterocycles. The number of piperazine rings is 1. The van der Waals surface area contributed by atoms with E-state index in [-0.39, 0.29) is 11.9 Å². The number of nitrogens with one attached hydrogen (secondary N) is 1. The summed E-state index contributed by atoms with van der Waals surface area (Å²) in [5.41, 5.74) is 2.55. The van der Waals surface area contributed by atoms with Crippen molar-refractivity contribution in [3.8, 4) is 6.07 Å². The SMILES string of the molecule is N#Cc1ccc(N2CCN(Cc3cnc4c(c3)NC(=O)[C@@H]3CCCCN43)CC2)nc1. The summed E-state index contributed by atoms with van der Waals surface area (Å²) >= 11 is 0. The Labute approximate surface area is 176 Å². The number of pyridine rings is 2. The number of hydrogen-bond donors (Lipinski definition) is 1. The van der Waals surface area contributed by atoms with Crippen LogP contribution in [0, 0.1) is 11.3 Å². The summed E-state index contributed by atoms with van der Waals surface area (Å²) in [6, 6.07) is 7.86. The molecule has 1 atom stereocenters. The number of rotatable bonds is 3. The predicted molar refractivity (Wildman–Crippen MR) is 114 cm³/mol. The van der Waals surface area contributed by atoms with E-state index in [4.69, 9.17) is 10.2 Å². The molecule has 8 heteroatoms. The van der Waals surface area contributed by atoms with Crippen LogP contribution in [0.1, 0.15) is 30.4 Å². The Morgan fingerprint density at radius 1 is 1.10 bits per heavy atom. The lowest BCUT2D eigenvalue weighted by Crippen LogP contribution is -2.51. The molecule has 0 spiro atoms. The highest BCUT2D eigenvalue weighted by atomic mass is 16.2. The Bertz CT molecular complexity index is 976. The fraction of sp³-hybridized carbons (Fsp3) is 0.455. The van der Waals surface area contributed by atoms with Gasteiger partial charge in [0, 0.05) is 51.7 Å². The van der Waals surface area contributed by atoms with Crippen molar-refractivity contribution in [2.24, 2.45) is 0 Å². The van der Waals surface area contributed by atoms with Crippen molar-refractivity contribution in [3.63, 3.8) is 0 Å². The number of carbonyl (C=O) groups is 1. The van der Waals surface area contributed by atoms with E-state index in [1.807, 2.05) is 18.3 Å². The first-order valence-electron chi connectivity index (χ1n) is 10.6. The summed E-state index contributed by atoms with van der Waals surface area (Å²) in [7, 11) is 0. The Balaban J connectivity index is 1.23. The number of hydrogen-bond acceptors (Lipinski definition) is 7. The minimum atomic E-state index is -0.0616. The number of piperidine rings is 1. The van der Waals surface area contributed by atoms with Crippen LogP contribution < -0.4 is 15.1 Å². The molecule has 5 rings (SSSR count). The van der Waals surface area contributed by atoms with Crippen LogP contribution in [0.2, 0.25) is 0 Å². The fourth-order valence-corrected chi connectivity index (χ4v) is 4.61. The summed E-state index contributed by atoms with van der Waals surface area (Å²) in [4.78, 5) is 28.4. The van der Waals surface area contributed by atoms with E-state index in [2.05, 4.69) is 37.1 Å². The lowest BCUT2D eigenvalue weighted by Gasteiger charge is -2.40. The van der Waals surface area contributed by atoms with E-state index in [9.17, 15) is 4.79 Å². The van der Waals surface area contributed by atoms with Crippen molar-refractivity contribution in [2.45, 2.75) is 31.8 Å². The molecule has 3 aliphatic rings. The van der Waals surface area contributed by atoms with E-state index < -0.39 is 0 Å². The number of nitriles is 1. The van der Waals surface area contributed by atoms with Gasteiger partial charge in [-0.15, -0.1) is 0 Å². The second-order valence-electron chi connectivity index (χ2n) is 8.19. The molecule has 1 amide bonds. The average molecular weight is 403 g/mol. The molecule has 0 saturated carbocycles. The van der Waals surface area contributed by atoms with Gasteiger partial charge in [0.15, 0.2) is 5.82 Å². The van der Waals surface area contributed by atoms with Crippen molar-refractivity contribution >= 4 is 23.2 Å².